The number of benzene rings is 2. The van der Waals surface area contributed by atoms with Crippen LogP contribution in [0.2, 0.25) is 0 Å². The van der Waals surface area contributed by atoms with Crippen molar-refractivity contribution in [3.05, 3.63) is 64.7 Å². The summed E-state index contributed by atoms with van der Waals surface area (Å²) in [5.74, 6) is 2.47. The third kappa shape index (κ3) is 13.0. The second-order valence-corrected chi connectivity index (χ2v) is 12.4. The molecule has 0 aliphatic carbocycles. The van der Waals surface area contributed by atoms with Gasteiger partial charge in [-0.1, -0.05) is 95.8 Å². The van der Waals surface area contributed by atoms with Crippen LogP contribution in [0.1, 0.15) is 109 Å². The molecule has 0 atom stereocenters. The number of anilines is 1. The van der Waals surface area contributed by atoms with Gasteiger partial charge in [0.25, 0.3) is 0 Å². The number of halogens is 1. The molecular weight excluding hydrogens is 608 g/mol. The molecule has 0 spiro atoms. The third-order valence-electron chi connectivity index (χ3n) is 7.63. The Labute approximate surface area is 270 Å². The fourth-order valence-electron chi connectivity index (χ4n) is 5.29. The predicted molar refractivity (Wildman–Crippen MR) is 185 cm³/mol. The Bertz CT molecular complexity index is 1090. The van der Waals surface area contributed by atoms with Gasteiger partial charge in [-0.3, -0.25) is 4.79 Å². The lowest BCUT2D eigenvalue weighted by Crippen LogP contribution is -2.28. The third-order valence-corrected chi connectivity index (χ3v) is 8.66. The molecule has 2 aromatic rings. The van der Waals surface area contributed by atoms with Crippen molar-refractivity contribution in [1.82, 2.24) is 4.90 Å². The number of hydrogen-bond acceptors (Lipinski definition) is 5. The molecule has 7 heteroatoms. The fraction of sp³-hybridized carbons (Fsp3) is 0.571. The molecule has 0 aromatic heterocycles. The maximum absolute atomic E-state index is 12.7. The number of amides is 1. The van der Waals surface area contributed by atoms with E-state index < -0.39 is 0 Å². The number of rotatable bonds is 20. The minimum atomic E-state index is 0. The summed E-state index contributed by atoms with van der Waals surface area (Å²) in [6.45, 7) is 8.05. The molecule has 0 fully saturated rings. The normalized spacial score (nSPS) is 12.6. The summed E-state index contributed by atoms with van der Waals surface area (Å²) in [5.41, 5.74) is 3.11. The topological polar surface area (TPSA) is 42.0 Å². The van der Waals surface area contributed by atoms with E-state index in [1.807, 2.05) is 47.0 Å². The Morgan fingerprint density at radius 3 is 2.14 bits per heavy atom. The van der Waals surface area contributed by atoms with E-state index in [0.717, 1.165) is 35.8 Å². The van der Waals surface area contributed by atoms with Crippen LogP contribution in [0.15, 0.2) is 53.6 Å². The minimum absolute atomic E-state index is 0. The van der Waals surface area contributed by atoms with Gasteiger partial charge in [0, 0.05) is 25.4 Å². The molecule has 3 rings (SSSR count). The molecule has 0 saturated heterocycles. The van der Waals surface area contributed by atoms with Crippen molar-refractivity contribution in [2.75, 3.05) is 24.5 Å². The zero-order chi connectivity index (χ0) is 29.3. The summed E-state index contributed by atoms with van der Waals surface area (Å²) >= 11 is 1.86. The fourth-order valence-corrected chi connectivity index (χ4v) is 6.05. The van der Waals surface area contributed by atoms with E-state index in [0.29, 0.717) is 18.9 Å². The lowest BCUT2D eigenvalue weighted by molar-refractivity contribution is -0.116. The zero-order valence-corrected chi connectivity index (χ0v) is 28.9. The molecule has 5 nitrogen and oxygen atoms in total. The highest BCUT2D eigenvalue weighted by molar-refractivity contribution is 8.93. The van der Waals surface area contributed by atoms with Crippen molar-refractivity contribution in [1.29, 1.82) is 0 Å². The van der Waals surface area contributed by atoms with Gasteiger partial charge in [-0.2, -0.15) is 0 Å². The van der Waals surface area contributed by atoms with Crippen LogP contribution in [0, 0.1) is 0 Å². The van der Waals surface area contributed by atoms with Crippen molar-refractivity contribution in [2.45, 2.75) is 111 Å². The molecule has 0 saturated carbocycles. The van der Waals surface area contributed by atoms with Crippen LogP contribution in [-0.2, 0) is 17.9 Å². The number of thioether (sulfide) groups is 1. The smallest absolute Gasteiger partial charge is 0.224 e. The van der Waals surface area contributed by atoms with Crippen LogP contribution in [0.3, 0.4) is 0 Å². The van der Waals surface area contributed by atoms with E-state index in [4.69, 9.17) is 9.47 Å². The summed E-state index contributed by atoms with van der Waals surface area (Å²) in [6.07, 6.45) is 18.2. The summed E-state index contributed by atoms with van der Waals surface area (Å²) in [4.78, 5) is 18.1. The number of carbonyl (C=O) groups excluding carboxylic acids is 1. The Morgan fingerprint density at radius 2 is 1.55 bits per heavy atom. The van der Waals surface area contributed by atoms with Crippen LogP contribution in [-0.4, -0.2) is 30.4 Å². The lowest BCUT2D eigenvalue weighted by Gasteiger charge is -2.23. The molecule has 1 aliphatic heterocycles. The highest BCUT2D eigenvalue weighted by Crippen LogP contribution is 2.31. The summed E-state index contributed by atoms with van der Waals surface area (Å²) in [6, 6.07) is 14.3. The number of allylic oxidation sites excluding steroid dienone is 1. The quantitative estimate of drug-likeness (QED) is 0.132. The van der Waals surface area contributed by atoms with Crippen molar-refractivity contribution in [3.63, 3.8) is 0 Å². The van der Waals surface area contributed by atoms with Crippen molar-refractivity contribution in [3.8, 4) is 11.5 Å². The lowest BCUT2D eigenvalue weighted by atomic mass is 10.1. The van der Waals surface area contributed by atoms with Crippen molar-refractivity contribution < 1.29 is 14.3 Å². The van der Waals surface area contributed by atoms with Crippen LogP contribution in [0.25, 0.3) is 0 Å². The molecule has 2 aromatic carbocycles. The number of carbonyl (C=O) groups is 1. The molecule has 234 valence electrons. The van der Waals surface area contributed by atoms with E-state index in [9.17, 15) is 4.79 Å². The van der Waals surface area contributed by atoms with E-state index >= 15 is 0 Å². The molecule has 0 bridgehead atoms. The molecule has 42 heavy (non-hydrogen) atoms. The second-order valence-electron chi connectivity index (χ2n) is 11.3. The van der Waals surface area contributed by atoms with Crippen LogP contribution >= 0.6 is 28.7 Å². The molecule has 0 radical (unpaired) electrons. The van der Waals surface area contributed by atoms with Gasteiger partial charge in [0.15, 0.2) is 11.5 Å². The maximum atomic E-state index is 12.7. The maximum Gasteiger partial charge on any atom is 0.224 e. The second kappa shape index (κ2) is 20.7. The molecule has 0 unspecified atom stereocenters. The SMILES string of the molecule is Br.CCCCCCCCCCCCCCOc1ccc(CN(C(C)=O)c2cccc(CN3C=C(C)SC3)c2)cc1OC. The minimum Gasteiger partial charge on any atom is -0.493 e. The van der Waals surface area contributed by atoms with Gasteiger partial charge in [0.2, 0.25) is 5.91 Å². The molecule has 1 amide bonds. The number of methoxy groups -OCH3 is 1. The average molecular weight is 662 g/mol. The largest absolute Gasteiger partial charge is 0.493 e. The Hall–Kier alpha value is -2.12. The Kier molecular flexibility index (Phi) is 17.8. The van der Waals surface area contributed by atoms with E-state index in [-0.39, 0.29) is 22.9 Å². The van der Waals surface area contributed by atoms with Gasteiger partial charge in [-0.25, -0.2) is 0 Å². The number of nitrogens with zero attached hydrogens (tertiary/aromatic N) is 2. The van der Waals surface area contributed by atoms with Crippen molar-refractivity contribution >= 4 is 40.3 Å². The molecular formula is C35H53BrN2O3S. The van der Waals surface area contributed by atoms with Crippen LogP contribution in [0.5, 0.6) is 11.5 Å². The van der Waals surface area contributed by atoms with Gasteiger partial charge in [-0.15, -0.1) is 28.7 Å². The number of hydrogen-bond donors (Lipinski definition) is 0. The zero-order valence-electron chi connectivity index (χ0n) is 26.4. The average Bonchev–Trinajstić information content (AvgIpc) is 3.38. The van der Waals surface area contributed by atoms with E-state index in [1.54, 1.807) is 14.0 Å². The summed E-state index contributed by atoms with van der Waals surface area (Å²) in [5, 5.41) is 0. The standard InChI is InChI=1S/C35H52N2O3S.BrH/c1-5-6-7-8-9-10-11-12-13-14-15-16-22-40-34-21-20-32(24-35(34)39-4)27-37(30(3)38)33-19-17-18-31(23-33)26-36-25-29(2)41-28-36;/h17-21,23-25H,5-16,22,26-28H2,1-4H3;1H. The van der Waals surface area contributed by atoms with Crippen molar-refractivity contribution in [2.24, 2.45) is 0 Å². The number of ether oxygens (including phenoxy) is 2. The van der Waals surface area contributed by atoms with Crippen LogP contribution in [0.4, 0.5) is 5.69 Å². The number of unbranched alkanes of at least 4 members (excludes halogenated alkanes) is 11. The van der Waals surface area contributed by atoms with Crippen LogP contribution < -0.4 is 14.4 Å². The van der Waals surface area contributed by atoms with Gasteiger partial charge in [-0.05, 0) is 53.6 Å². The summed E-state index contributed by atoms with van der Waals surface area (Å²) < 4.78 is 11.7. The van der Waals surface area contributed by atoms with Gasteiger partial charge >= 0.3 is 0 Å². The van der Waals surface area contributed by atoms with Gasteiger partial charge in [0.05, 0.1) is 26.1 Å². The monoisotopic (exact) mass is 660 g/mol. The molecule has 0 N–H and O–H groups in total. The Morgan fingerprint density at radius 1 is 0.881 bits per heavy atom. The van der Waals surface area contributed by atoms with Gasteiger partial charge in [0.1, 0.15) is 0 Å². The Balaban J connectivity index is 0.00000616. The van der Waals surface area contributed by atoms with Gasteiger partial charge < -0.3 is 19.3 Å². The first-order valence-electron chi connectivity index (χ1n) is 15.7. The molecule has 1 aliphatic rings. The highest BCUT2D eigenvalue weighted by Gasteiger charge is 2.16. The first-order valence-corrected chi connectivity index (χ1v) is 16.7. The first kappa shape index (κ1) is 36.1. The first-order chi connectivity index (χ1) is 20.0. The predicted octanol–water partition coefficient (Wildman–Crippen LogP) is 10.3. The van der Waals surface area contributed by atoms with E-state index in [2.05, 4.69) is 37.1 Å². The van der Waals surface area contributed by atoms with E-state index in [1.165, 1.54) is 81.1 Å². The molecule has 1 heterocycles. The highest BCUT2D eigenvalue weighted by atomic mass is 79.9. The summed E-state index contributed by atoms with van der Waals surface area (Å²) in [7, 11) is 1.68.